The number of fused-ring (bicyclic) bond motifs is 2. The Hall–Kier alpha value is -9.96. The van der Waals surface area contributed by atoms with Crippen LogP contribution in [0, 0.1) is 69.2 Å². The van der Waals surface area contributed by atoms with Crippen molar-refractivity contribution in [1.82, 2.24) is 79.7 Å². The third kappa shape index (κ3) is 67.5. The summed E-state index contributed by atoms with van der Waals surface area (Å²) < 4.78 is 0. The van der Waals surface area contributed by atoms with Crippen molar-refractivity contribution in [2.24, 2.45) is 0 Å². The number of nitrogens with zero attached hydrogens (tertiary/aromatic N) is 16. The van der Waals surface area contributed by atoms with E-state index in [0.29, 0.717) is 0 Å². The van der Waals surface area contributed by atoms with E-state index in [1.54, 1.807) is 80.4 Å². The molecule has 0 aliphatic heterocycles. The molecular weight excluding hydrogens is 1210 g/mol. The van der Waals surface area contributed by atoms with Gasteiger partial charge in [-0.2, -0.15) is 0 Å². The van der Waals surface area contributed by atoms with Gasteiger partial charge in [-0.15, -0.1) is 0 Å². The lowest BCUT2D eigenvalue weighted by Crippen LogP contribution is -1.84. The van der Waals surface area contributed by atoms with E-state index in [2.05, 4.69) is 136 Å². The normalized spacial score (nSPS) is 7.90. The quantitative estimate of drug-likeness (QED) is 0.138. The van der Waals surface area contributed by atoms with Crippen molar-refractivity contribution < 1.29 is 0 Å². The summed E-state index contributed by atoms with van der Waals surface area (Å²) in [5.74, 6) is 1.58. The van der Waals surface area contributed by atoms with Crippen LogP contribution in [-0.4, -0.2) is 79.7 Å². The highest BCUT2D eigenvalue weighted by atomic mass is 15.0. The molecule has 0 saturated heterocycles. The van der Waals surface area contributed by atoms with Crippen LogP contribution in [0.5, 0.6) is 0 Å². The monoisotopic (exact) mass is 1340 g/mol. The van der Waals surface area contributed by atoms with Gasteiger partial charge in [0.15, 0.2) is 0 Å². The summed E-state index contributed by atoms with van der Waals surface area (Å²) in [7, 11) is 0. The van der Waals surface area contributed by atoms with Crippen LogP contribution in [0.4, 0.5) is 0 Å². The van der Waals surface area contributed by atoms with E-state index in [9.17, 15) is 0 Å². The van der Waals surface area contributed by atoms with Crippen LogP contribution in [0.1, 0.15) is 195 Å². The molecule has 0 spiro atoms. The molecule has 0 unspecified atom stereocenters. The van der Waals surface area contributed by atoms with E-state index < -0.39 is 0 Å². The third-order valence-electron chi connectivity index (χ3n) is 9.63. The van der Waals surface area contributed by atoms with Crippen LogP contribution in [0.2, 0.25) is 0 Å². The standard InChI is InChI=1S/2C10H9N.3C6H7N.4C5H6N2.C4H5N3.10C2H6/c1-8-4-2-5-9-6-3-7-11-10(8)9;1-8-3-2-4-9-5-6-11-7-10(8)9;1-6-2-4-7-5-3-6;1-6-3-2-4-7-5-6;1-6-4-2-3-5-7-6;1-5-2-6-4-7-3-5;1-5-4-6-2-3-7-5;1-5-2-3-6-4-7-5;1-5-6-3-2-4-7-5;1-4-6-2-5-3-7-4;10*1-2/h2*2-7H,1H3;3*2-5H,1H3;4*2-4H,1H3;2-3H,1H3;10*1-2H3. The number of pyridine rings is 5. The summed E-state index contributed by atoms with van der Waals surface area (Å²) in [4.78, 5) is 61.8. The Morgan fingerprint density at radius 2 is 0.653 bits per heavy atom. The molecule has 10 heterocycles. The van der Waals surface area contributed by atoms with E-state index in [0.717, 1.165) is 39.8 Å². The zero-order valence-electron chi connectivity index (χ0n) is 66.1. The Morgan fingerprint density at radius 3 is 0.990 bits per heavy atom. The minimum absolute atomic E-state index is 0.759. The van der Waals surface area contributed by atoms with Gasteiger partial charge in [0.2, 0.25) is 0 Å². The van der Waals surface area contributed by atoms with Gasteiger partial charge in [0.05, 0.1) is 11.2 Å². The molecular formula is C82H128N16. The Morgan fingerprint density at radius 1 is 0.204 bits per heavy atom. The van der Waals surface area contributed by atoms with Crippen LogP contribution in [0.15, 0.2) is 234 Å². The number of aromatic nitrogens is 16. The van der Waals surface area contributed by atoms with Gasteiger partial charge in [0.1, 0.15) is 37.0 Å². The molecule has 0 saturated carbocycles. The van der Waals surface area contributed by atoms with Gasteiger partial charge in [0.25, 0.3) is 0 Å². The molecule has 12 aromatic rings. The van der Waals surface area contributed by atoms with Gasteiger partial charge in [-0.25, -0.2) is 44.9 Å². The maximum absolute atomic E-state index is 4.28. The number of hydrogen-bond donors (Lipinski definition) is 0. The summed E-state index contributed by atoms with van der Waals surface area (Å²) in [6.45, 7) is 59.7. The predicted molar refractivity (Wildman–Crippen MR) is 425 cm³/mol. The van der Waals surface area contributed by atoms with E-state index in [-0.39, 0.29) is 0 Å². The molecule has 12 rings (SSSR count). The predicted octanol–water partition coefficient (Wildman–Crippen LogP) is 22.8. The highest BCUT2D eigenvalue weighted by molar-refractivity contribution is 5.84. The lowest BCUT2D eigenvalue weighted by molar-refractivity contribution is 0.974. The summed E-state index contributed by atoms with van der Waals surface area (Å²) in [5, 5.41) is 3.72. The zero-order valence-corrected chi connectivity index (χ0v) is 66.1. The van der Waals surface area contributed by atoms with Gasteiger partial charge >= 0.3 is 0 Å². The fourth-order valence-electron chi connectivity index (χ4n) is 5.62. The summed E-state index contributed by atoms with van der Waals surface area (Å²) in [6, 6.07) is 36.0. The third-order valence-corrected chi connectivity index (χ3v) is 9.63. The van der Waals surface area contributed by atoms with Crippen LogP contribution in [0.3, 0.4) is 0 Å². The maximum Gasteiger partial charge on any atom is 0.128 e. The Bertz CT molecular complexity index is 2790. The largest absolute Gasteiger partial charge is 0.265 e. The first-order valence-electron chi connectivity index (χ1n) is 34.6. The van der Waals surface area contributed by atoms with Gasteiger partial charge < -0.3 is 0 Å². The van der Waals surface area contributed by atoms with Crippen molar-refractivity contribution in [2.75, 3.05) is 0 Å². The van der Waals surface area contributed by atoms with Crippen molar-refractivity contribution in [1.29, 1.82) is 0 Å². The fraction of sp³-hybridized carbons (Fsp3) is 0.366. The van der Waals surface area contributed by atoms with Gasteiger partial charge in [-0.1, -0.05) is 193 Å². The molecule has 0 aliphatic rings. The molecule has 0 fully saturated rings. The second-order valence-corrected chi connectivity index (χ2v) is 16.4. The molecule has 2 aromatic carbocycles. The first kappa shape index (κ1) is 104. The topological polar surface area (TPSA) is 206 Å². The summed E-state index contributed by atoms with van der Waals surface area (Å²) in [6.07, 6.45) is 34.3. The molecule has 16 nitrogen and oxygen atoms in total. The van der Waals surface area contributed by atoms with Crippen LogP contribution in [0.25, 0.3) is 21.7 Å². The number of para-hydroxylation sites is 1. The van der Waals surface area contributed by atoms with E-state index >= 15 is 0 Å². The SMILES string of the molecule is CC.CC.CC.CC.CC.CC.CC.CC.CC.CC.Cc1cccc2cccnc12.Cc1cccc2ccncc12.Cc1ccccn1.Cc1cccnc1.Cc1ccncc1.Cc1ccncn1.Cc1cnccn1.Cc1cncnc1.Cc1ncccn1.Cc1ncncn1. The summed E-state index contributed by atoms with van der Waals surface area (Å²) in [5.41, 5.74) is 10.2. The van der Waals surface area contributed by atoms with E-state index in [4.69, 9.17) is 0 Å². The molecule has 10 aromatic heterocycles. The molecule has 0 amide bonds. The highest BCUT2D eigenvalue weighted by Gasteiger charge is 1.95. The second kappa shape index (κ2) is 87.0. The van der Waals surface area contributed by atoms with E-state index in [1.165, 1.54) is 63.7 Å². The molecule has 0 radical (unpaired) electrons. The van der Waals surface area contributed by atoms with Gasteiger partial charge in [-0.05, 0) is 157 Å². The average Bonchev–Trinajstić information content (AvgIpc) is 0.864. The second-order valence-electron chi connectivity index (χ2n) is 16.4. The molecule has 0 bridgehead atoms. The highest BCUT2D eigenvalue weighted by Crippen LogP contribution is 2.16. The van der Waals surface area contributed by atoms with Crippen LogP contribution >= 0.6 is 0 Å². The molecule has 16 heteroatoms. The first-order valence-corrected chi connectivity index (χ1v) is 34.6. The first-order chi connectivity index (χ1) is 47.9. The average molecular weight is 1340 g/mol. The molecule has 536 valence electrons. The number of aryl methyl sites for hydroxylation is 10. The Balaban J connectivity index is -0.000000149. The zero-order chi connectivity index (χ0) is 76.3. The van der Waals surface area contributed by atoms with Gasteiger partial charge in [0, 0.05) is 121 Å². The molecule has 98 heavy (non-hydrogen) atoms. The molecule has 0 aliphatic carbocycles. The van der Waals surface area contributed by atoms with Crippen molar-refractivity contribution in [3.05, 3.63) is 290 Å². The number of hydrogen-bond acceptors (Lipinski definition) is 16. The minimum atomic E-state index is 0.759. The van der Waals surface area contributed by atoms with E-state index in [1.807, 2.05) is 279 Å². The Labute approximate surface area is 596 Å². The Kier molecular flexibility index (Phi) is 92.5. The van der Waals surface area contributed by atoms with Crippen molar-refractivity contribution >= 4 is 21.7 Å². The van der Waals surface area contributed by atoms with Crippen molar-refractivity contribution in [2.45, 2.75) is 208 Å². The lowest BCUT2D eigenvalue weighted by Gasteiger charge is -1.98. The number of rotatable bonds is 0. The maximum atomic E-state index is 4.28. The van der Waals surface area contributed by atoms with Crippen molar-refractivity contribution in [3.8, 4) is 0 Å². The smallest absolute Gasteiger partial charge is 0.128 e. The van der Waals surface area contributed by atoms with Gasteiger partial charge in [-0.3, -0.25) is 34.9 Å². The van der Waals surface area contributed by atoms with Crippen LogP contribution in [-0.2, 0) is 0 Å². The minimum Gasteiger partial charge on any atom is -0.265 e. The molecule has 0 N–H and O–H groups in total. The fourth-order valence-corrected chi connectivity index (χ4v) is 5.62. The van der Waals surface area contributed by atoms with Crippen LogP contribution < -0.4 is 0 Å². The number of benzene rings is 2. The van der Waals surface area contributed by atoms with Crippen molar-refractivity contribution in [3.63, 3.8) is 0 Å². The molecule has 0 atom stereocenters. The summed E-state index contributed by atoms with van der Waals surface area (Å²) >= 11 is 0. The lowest BCUT2D eigenvalue weighted by atomic mass is 10.1.